The van der Waals surface area contributed by atoms with Gasteiger partial charge in [-0.1, -0.05) is 18.8 Å². The van der Waals surface area contributed by atoms with Gasteiger partial charge < -0.3 is 10.6 Å². The van der Waals surface area contributed by atoms with E-state index in [1.54, 1.807) is 11.8 Å². The van der Waals surface area contributed by atoms with Crippen LogP contribution in [0.2, 0.25) is 0 Å². The van der Waals surface area contributed by atoms with Crippen molar-refractivity contribution in [1.82, 2.24) is 10.6 Å². The third-order valence-corrected chi connectivity index (χ3v) is 3.48. The molecule has 0 aromatic rings. The normalized spacial score (nSPS) is 15.9. The van der Waals surface area contributed by atoms with Gasteiger partial charge in [-0.3, -0.25) is 4.79 Å². The van der Waals surface area contributed by atoms with Crippen molar-refractivity contribution in [3.05, 3.63) is 0 Å². The molecule has 0 aromatic heterocycles. The van der Waals surface area contributed by atoms with Crippen molar-refractivity contribution >= 4 is 17.7 Å². The van der Waals surface area contributed by atoms with E-state index in [1.165, 1.54) is 12.8 Å². The lowest BCUT2D eigenvalue weighted by Crippen LogP contribution is -2.39. The van der Waals surface area contributed by atoms with E-state index in [2.05, 4.69) is 16.6 Å². The lowest BCUT2D eigenvalue weighted by atomic mass is 10.2. The molecule has 0 aromatic carbocycles. The summed E-state index contributed by atoms with van der Waals surface area (Å²) in [6, 6.07) is 0.421. The van der Waals surface area contributed by atoms with E-state index in [9.17, 15) is 4.79 Å². The molecule has 0 radical (unpaired) electrons. The molecular weight excluding hydrogens is 220 g/mol. The maximum Gasteiger partial charge on any atom is 0.234 e. The molecule has 1 amide bonds. The Bertz CT molecular complexity index is 244. The minimum Gasteiger partial charge on any atom is -0.352 e. The Morgan fingerprint density at radius 2 is 2.19 bits per heavy atom. The maximum atomic E-state index is 11.5. The molecule has 0 heterocycles. The van der Waals surface area contributed by atoms with Crippen LogP contribution >= 0.6 is 11.8 Å². The summed E-state index contributed by atoms with van der Waals surface area (Å²) in [5, 5.41) is 6.16. The van der Waals surface area contributed by atoms with E-state index in [4.69, 9.17) is 6.42 Å². The van der Waals surface area contributed by atoms with E-state index in [0.29, 0.717) is 12.6 Å². The SMILES string of the molecule is C#CCSCCNCC(=O)NC1CCCC1. The molecule has 0 saturated heterocycles. The second-order valence-corrected chi connectivity index (χ2v) is 5.09. The lowest BCUT2D eigenvalue weighted by molar-refractivity contribution is -0.120. The summed E-state index contributed by atoms with van der Waals surface area (Å²) >= 11 is 1.71. The summed E-state index contributed by atoms with van der Waals surface area (Å²) in [6.45, 7) is 1.26. The molecule has 90 valence electrons. The standard InChI is InChI=1S/C12H20N2OS/c1-2-8-16-9-7-13-10-12(15)14-11-5-3-4-6-11/h1,11,13H,3-10H2,(H,14,15). The molecule has 1 aliphatic rings. The minimum atomic E-state index is 0.119. The zero-order chi connectivity index (χ0) is 11.6. The smallest absolute Gasteiger partial charge is 0.234 e. The first-order valence-corrected chi connectivity index (χ1v) is 6.99. The van der Waals surface area contributed by atoms with Crippen LogP contribution in [0.5, 0.6) is 0 Å². The molecule has 2 N–H and O–H groups in total. The van der Waals surface area contributed by atoms with Crippen molar-refractivity contribution in [3.63, 3.8) is 0 Å². The van der Waals surface area contributed by atoms with Gasteiger partial charge in [0.05, 0.1) is 12.3 Å². The molecular formula is C12H20N2OS. The van der Waals surface area contributed by atoms with Crippen molar-refractivity contribution < 1.29 is 4.79 Å². The Morgan fingerprint density at radius 1 is 1.44 bits per heavy atom. The number of rotatable bonds is 7. The van der Waals surface area contributed by atoms with Gasteiger partial charge in [0, 0.05) is 18.3 Å². The predicted octanol–water partition coefficient (Wildman–Crippen LogP) is 1.00. The lowest BCUT2D eigenvalue weighted by Gasteiger charge is -2.12. The molecule has 1 rings (SSSR count). The fourth-order valence-electron chi connectivity index (χ4n) is 1.83. The van der Waals surface area contributed by atoms with Crippen molar-refractivity contribution in [2.75, 3.05) is 24.6 Å². The van der Waals surface area contributed by atoms with Crippen molar-refractivity contribution in [1.29, 1.82) is 0 Å². The van der Waals surface area contributed by atoms with Crippen LogP contribution in [-0.2, 0) is 4.79 Å². The number of nitrogens with one attached hydrogen (secondary N) is 2. The van der Waals surface area contributed by atoms with Crippen molar-refractivity contribution in [3.8, 4) is 12.3 Å². The second kappa shape index (κ2) is 8.49. The largest absolute Gasteiger partial charge is 0.352 e. The van der Waals surface area contributed by atoms with Crippen molar-refractivity contribution in [2.24, 2.45) is 0 Å². The van der Waals surface area contributed by atoms with E-state index < -0.39 is 0 Å². The monoisotopic (exact) mass is 240 g/mol. The van der Waals surface area contributed by atoms with Crippen LogP contribution in [0.3, 0.4) is 0 Å². The Kier molecular flexibility index (Phi) is 7.11. The van der Waals surface area contributed by atoms with Crippen LogP contribution in [0.4, 0.5) is 0 Å². The average molecular weight is 240 g/mol. The first-order chi connectivity index (χ1) is 7.83. The van der Waals surface area contributed by atoms with Crippen LogP contribution in [-0.4, -0.2) is 36.5 Å². The number of hydrogen-bond acceptors (Lipinski definition) is 3. The summed E-state index contributed by atoms with van der Waals surface area (Å²) in [5.74, 6) is 4.40. The first-order valence-electron chi connectivity index (χ1n) is 5.84. The Morgan fingerprint density at radius 3 is 2.88 bits per heavy atom. The zero-order valence-corrected chi connectivity index (χ0v) is 10.4. The second-order valence-electron chi connectivity index (χ2n) is 3.98. The quantitative estimate of drug-likeness (QED) is 0.515. The minimum absolute atomic E-state index is 0.119. The number of carbonyl (C=O) groups is 1. The van der Waals surface area contributed by atoms with E-state index in [-0.39, 0.29) is 5.91 Å². The van der Waals surface area contributed by atoms with Gasteiger partial charge in [0.1, 0.15) is 0 Å². The Labute approximate surface area is 102 Å². The van der Waals surface area contributed by atoms with Gasteiger partial charge in [-0.2, -0.15) is 0 Å². The molecule has 0 spiro atoms. The van der Waals surface area contributed by atoms with Gasteiger partial charge in [0.15, 0.2) is 0 Å². The maximum absolute atomic E-state index is 11.5. The number of hydrogen-bond donors (Lipinski definition) is 2. The van der Waals surface area contributed by atoms with Crippen LogP contribution in [0, 0.1) is 12.3 Å². The van der Waals surface area contributed by atoms with Crippen molar-refractivity contribution in [2.45, 2.75) is 31.7 Å². The Hall–Kier alpha value is -0.660. The van der Waals surface area contributed by atoms with Crippen LogP contribution in [0.15, 0.2) is 0 Å². The highest BCUT2D eigenvalue weighted by atomic mass is 32.2. The molecule has 1 aliphatic carbocycles. The summed E-state index contributed by atoms with van der Waals surface area (Å²) in [7, 11) is 0. The molecule has 1 saturated carbocycles. The molecule has 0 aliphatic heterocycles. The number of terminal acetylenes is 1. The van der Waals surface area contributed by atoms with Gasteiger partial charge in [-0.15, -0.1) is 18.2 Å². The van der Waals surface area contributed by atoms with Gasteiger partial charge in [0.25, 0.3) is 0 Å². The summed E-state index contributed by atoms with van der Waals surface area (Å²) < 4.78 is 0. The molecule has 0 unspecified atom stereocenters. The molecule has 1 fully saturated rings. The number of carbonyl (C=O) groups excluding carboxylic acids is 1. The highest BCUT2D eigenvalue weighted by Gasteiger charge is 2.16. The van der Waals surface area contributed by atoms with E-state index >= 15 is 0 Å². The van der Waals surface area contributed by atoms with Crippen LogP contribution < -0.4 is 10.6 Å². The van der Waals surface area contributed by atoms with E-state index in [0.717, 1.165) is 30.9 Å². The fourth-order valence-corrected chi connectivity index (χ4v) is 2.38. The predicted molar refractivity (Wildman–Crippen MR) is 69.4 cm³/mol. The van der Waals surface area contributed by atoms with Gasteiger partial charge in [0.2, 0.25) is 5.91 Å². The van der Waals surface area contributed by atoms with E-state index in [1.807, 2.05) is 0 Å². The highest BCUT2D eigenvalue weighted by Crippen LogP contribution is 2.17. The fraction of sp³-hybridized carbons (Fsp3) is 0.750. The summed E-state index contributed by atoms with van der Waals surface area (Å²) in [6.07, 6.45) is 9.91. The van der Waals surface area contributed by atoms with Gasteiger partial charge in [-0.25, -0.2) is 0 Å². The van der Waals surface area contributed by atoms with Crippen LogP contribution in [0.1, 0.15) is 25.7 Å². The topological polar surface area (TPSA) is 41.1 Å². The molecule has 0 bridgehead atoms. The third-order valence-electron chi connectivity index (χ3n) is 2.61. The third kappa shape index (κ3) is 6.04. The number of amides is 1. The van der Waals surface area contributed by atoms with Crippen LogP contribution in [0.25, 0.3) is 0 Å². The molecule has 4 heteroatoms. The van der Waals surface area contributed by atoms with Gasteiger partial charge in [-0.05, 0) is 12.8 Å². The zero-order valence-electron chi connectivity index (χ0n) is 9.63. The summed E-state index contributed by atoms with van der Waals surface area (Å²) in [5.41, 5.74) is 0. The molecule has 0 atom stereocenters. The summed E-state index contributed by atoms with van der Waals surface area (Å²) in [4.78, 5) is 11.5. The molecule has 3 nitrogen and oxygen atoms in total. The first kappa shape index (κ1) is 13.4. The average Bonchev–Trinajstić information content (AvgIpc) is 2.76. The van der Waals surface area contributed by atoms with Gasteiger partial charge >= 0.3 is 0 Å². The molecule has 16 heavy (non-hydrogen) atoms. The number of thioether (sulfide) groups is 1. The Balaban J connectivity index is 1.92. The highest BCUT2D eigenvalue weighted by molar-refractivity contribution is 7.99.